The van der Waals surface area contributed by atoms with Crippen LogP contribution in [0.2, 0.25) is 5.15 Å². The fourth-order valence-corrected chi connectivity index (χ4v) is 3.11. The lowest BCUT2D eigenvalue weighted by Gasteiger charge is -2.23. The topological polar surface area (TPSA) is 49.8 Å². The van der Waals surface area contributed by atoms with Crippen LogP contribution in [0.5, 0.6) is 0 Å². The second-order valence-corrected chi connectivity index (χ2v) is 6.31. The van der Waals surface area contributed by atoms with E-state index < -0.39 is 0 Å². The molecule has 0 atom stereocenters. The van der Waals surface area contributed by atoms with Gasteiger partial charge in [0.05, 0.1) is 37.4 Å². The highest BCUT2D eigenvalue weighted by molar-refractivity contribution is 7.17. The quantitative estimate of drug-likeness (QED) is 0.868. The van der Waals surface area contributed by atoms with Gasteiger partial charge >= 0.3 is 0 Å². The van der Waals surface area contributed by atoms with Gasteiger partial charge in [-0.1, -0.05) is 41.1 Å². The van der Waals surface area contributed by atoms with E-state index in [0.717, 1.165) is 34.3 Å². The molecule has 3 rings (SSSR count). The highest BCUT2D eigenvalue weighted by atomic mass is 35.5. The van der Waals surface area contributed by atoms with Gasteiger partial charge in [-0.05, 0) is 18.6 Å². The summed E-state index contributed by atoms with van der Waals surface area (Å²) in [5, 5.41) is 11.0. The lowest BCUT2D eigenvalue weighted by molar-refractivity contribution is 0.0397. The molecule has 1 N–H and O–H groups in total. The Bertz CT molecular complexity index is 667. The first kappa shape index (κ1) is 15.3. The van der Waals surface area contributed by atoms with Crippen LogP contribution in [0.3, 0.4) is 0 Å². The van der Waals surface area contributed by atoms with Crippen molar-refractivity contribution in [2.24, 2.45) is 5.10 Å². The Morgan fingerprint density at radius 1 is 1.36 bits per heavy atom. The third kappa shape index (κ3) is 3.76. The number of aryl methyl sites for hydroxylation is 1. The zero-order chi connectivity index (χ0) is 15.4. The van der Waals surface area contributed by atoms with Gasteiger partial charge in [-0.15, -0.1) is 0 Å². The molecule has 0 spiro atoms. The number of nitrogens with one attached hydrogen (secondary N) is 1. The standard InChI is InChI=1S/C15H17ClN4OS/c1-11-4-2-3-5-12(11)18-15-19-14(16)13(22-15)10-17-20-6-8-21-9-7-20/h2-5,10H,6-9H2,1H3,(H,18,19)/b17-10+. The summed E-state index contributed by atoms with van der Waals surface area (Å²) in [6.07, 6.45) is 1.77. The number of hydrogen-bond acceptors (Lipinski definition) is 6. The number of para-hydroxylation sites is 1. The monoisotopic (exact) mass is 336 g/mol. The summed E-state index contributed by atoms with van der Waals surface area (Å²) in [7, 11) is 0. The molecule has 1 aliphatic heterocycles. The average molecular weight is 337 g/mol. The molecule has 0 aliphatic carbocycles. The maximum atomic E-state index is 6.19. The summed E-state index contributed by atoms with van der Waals surface area (Å²) < 4.78 is 5.30. The van der Waals surface area contributed by atoms with Gasteiger partial charge in [-0.3, -0.25) is 5.01 Å². The lowest BCUT2D eigenvalue weighted by atomic mass is 10.2. The molecule has 1 aromatic heterocycles. The molecule has 22 heavy (non-hydrogen) atoms. The van der Waals surface area contributed by atoms with Crippen LogP contribution in [0, 0.1) is 6.92 Å². The minimum Gasteiger partial charge on any atom is -0.378 e. The van der Waals surface area contributed by atoms with Gasteiger partial charge in [0.2, 0.25) is 0 Å². The van der Waals surface area contributed by atoms with E-state index in [1.54, 1.807) is 6.21 Å². The number of rotatable bonds is 4. The third-order valence-corrected chi connectivity index (χ3v) is 4.63. The van der Waals surface area contributed by atoms with Crippen LogP contribution in [0.15, 0.2) is 29.4 Å². The van der Waals surface area contributed by atoms with E-state index in [1.165, 1.54) is 11.3 Å². The number of benzene rings is 1. The molecule has 2 heterocycles. The second-order valence-electron chi connectivity index (χ2n) is 4.92. The van der Waals surface area contributed by atoms with E-state index in [4.69, 9.17) is 16.3 Å². The number of hydrogen-bond donors (Lipinski definition) is 1. The SMILES string of the molecule is Cc1ccccc1Nc1nc(Cl)c(/C=N/N2CCOCC2)s1. The van der Waals surface area contributed by atoms with Crippen LogP contribution in [0.25, 0.3) is 0 Å². The van der Waals surface area contributed by atoms with Crippen molar-refractivity contribution in [2.45, 2.75) is 6.92 Å². The summed E-state index contributed by atoms with van der Waals surface area (Å²) in [4.78, 5) is 5.20. The summed E-state index contributed by atoms with van der Waals surface area (Å²) in [6.45, 7) is 5.10. The maximum Gasteiger partial charge on any atom is 0.189 e. The van der Waals surface area contributed by atoms with Gasteiger partial charge in [-0.2, -0.15) is 5.10 Å². The first-order valence-electron chi connectivity index (χ1n) is 7.08. The zero-order valence-electron chi connectivity index (χ0n) is 12.3. The molecule has 0 bridgehead atoms. The predicted octanol–water partition coefficient (Wildman–Crippen LogP) is 3.51. The second kappa shape index (κ2) is 7.09. The Labute approximate surface area is 138 Å². The number of morpholine rings is 1. The van der Waals surface area contributed by atoms with Crippen LogP contribution < -0.4 is 5.32 Å². The van der Waals surface area contributed by atoms with Gasteiger partial charge in [0.1, 0.15) is 0 Å². The molecule has 116 valence electrons. The fraction of sp³-hybridized carbons (Fsp3) is 0.333. The van der Waals surface area contributed by atoms with Crippen molar-refractivity contribution < 1.29 is 4.74 Å². The normalized spacial score (nSPS) is 15.5. The van der Waals surface area contributed by atoms with E-state index in [1.807, 2.05) is 23.2 Å². The van der Waals surface area contributed by atoms with E-state index in [0.29, 0.717) is 18.4 Å². The Morgan fingerprint density at radius 2 is 2.14 bits per heavy atom. The van der Waals surface area contributed by atoms with Gasteiger partial charge in [0.25, 0.3) is 0 Å². The molecule has 1 aromatic carbocycles. The van der Waals surface area contributed by atoms with Gasteiger partial charge < -0.3 is 10.1 Å². The zero-order valence-corrected chi connectivity index (χ0v) is 13.8. The van der Waals surface area contributed by atoms with Crippen molar-refractivity contribution in [3.05, 3.63) is 39.9 Å². The van der Waals surface area contributed by atoms with Crippen molar-refractivity contribution in [3.63, 3.8) is 0 Å². The van der Waals surface area contributed by atoms with Crippen molar-refractivity contribution in [2.75, 3.05) is 31.6 Å². The van der Waals surface area contributed by atoms with Gasteiger partial charge in [0, 0.05) is 5.69 Å². The molecule has 0 saturated carbocycles. The number of aromatic nitrogens is 1. The third-order valence-electron chi connectivity index (χ3n) is 3.32. The Kier molecular flexibility index (Phi) is 4.92. The highest BCUT2D eigenvalue weighted by Gasteiger charge is 2.10. The smallest absolute Gasteiger partial charge is 0.189 e. The molecule has 7 heteroatoms. The van der Waals surface area contributed by atoms with Gasteiger partial charge in [0.15, 0.2) is 10.3 Å². The van der Waals surface area contributed by atoms with Crippen molar-refractivity contribution in [3.8, 4) is 0 Å². The minimum atomic E-state index is 0.470. The van der Waals surface area contributed by atoms with E-state index in [2.05, 4.69) is 28.4 Å². The summed E-state index contributed by atoms with van der Waals surface area (Å²) in [5.41, 5.74) is 2.20. The molecule has 5 nitrogen and oxygen atoms in total. The largest absolute Gasteiger partial charge is 0.378 e. The van der Waals surface area contributed by atoms with Crippen LogP contribution in [-0.2, 0) is 4.74 Å². The number of halogens is 1. The number of hydrazone groups is 1. The van der Waals surface area contributed by atoms with Crippen LogP contribution in [0.1, 0.15) is 10.4 Å². The first-order valence-corrected chi connectivity index (χ1v) is 8.27. The van der Waals surface area contributed by atoms with E-state index in [9.17, 15) is 0 Å². The summed E-state index contributed by atoms with van der Waals surface area (Å²) >= 11 is 7.68. The number of anilines is 2. The van der Waals surface area contributed by atoms with Crippen molar-refractivity contribution >= 4 is 40.0 Å². The summed E-state index contributed by atoms with van der Waals surface area (Å²) in [5.74, 6) is 0. The molecule has 2 aromatic rings. The maximum absolute atomic E-state index is 6.19. The molecule has 1 saturated heterocycles. The average Bonchev–Trinajstić information content (AvgIpc) is 2.88. The molecule has 1 fully saturated rings. The molecule has 0 amide bonds. The highest BCUT2D eigenvalue weighted by Crippen LogP contribution is 2.29. The Balaban J connectivity index is 1.70. The van der Waals surface area contributed by atoms with Crippen LogP contribution >= 0.6 is 22.9 Å². The molecule has 0 radical (unpaired) electrons. The van der Waals surface area contributed by atoms with E-state index in [-0.39, 0.29) is 0 Å². The minimum absolute atomic E-state index is 0.470. The Morgan fingerprint density at radius 3 is 2.91 bits per heavy atom. The predicted molar refractivity (Wildman–Crippen MR) is 91.6 cm³/mol. The lowest BCUT2D eigenvalue weighted by Crippen LogP contribution is -2.32. The van der Waals surface area contributed by atoms with Crippen molar-refractivity contribution in [1.82, 2.24) is 9.99 Å². The first-order chi connectivity index (χ1) is 10.7. The molecule has 1 aliphatic rings. The van der Waals surface area contributed by atoms with E-state index >= 15 is 0 Å². The molecular formula is C15H17ClN4OS. The molecular weight excluding hydrogens is 320 g/mol. The number of ether oxygens (including phenoxy) is 1. The number of thiazole rings is 1. The molecule has 0 unspecified atom stereocenters. The van der Waals surface area contributed by atoms with Gasteiger partial charge in [-0.25, -0.2) is 4.98 Å². The summed E-state index contributed by atoms with van der Waals surface area (Å²) in [6, 6.07) is 8.07. The fourth-order valence-electron chi connectivity index (χ4n) is 2.08. The number of nitrogens with zero attached hydrogens (tertiary/aromatic N) is 3. The van der Waals surface area contributed by atoms with Crippen molar-refractivity contribution in [1.29, 1.82) is 0 Å². The Hall–Kier alpha value is -1.63. The van der Waals surface area contributed by atoms with Crippen LogP contribution in [0.4, 0.5) is 10.8 Å². The van der Waals surface area contributed by atoms with Crippen LogP contribution in [-0.4, -0.2) is 42.5 Å².